The van der Waals surface area contributed by atoms with Gasteiger partial charge in [-0.1, -0.05) is 0 Å². The number of nitrogens with two attached hydrogens (primary N) is 1. The number of primary amides is 1. The van der Waals surface area contributed by atoms with Gasteiger partial charge in [-0.05, 0) is 27.2 Å². The van der Waals surface area contributed by atoms with Gasteiger partial charge in [0.2, 0.25) is 6.29 Å². The third kappa shape index (κ3) is 6.68. The Morgan fingerprint density at radius 1 is 1.50 bits per heavy atom. The maximum absolute atomic E-state index is 10.3. The van der Waals surface area contributed by atoms with Crippen molar-refractivity contribution in [3.05, 3.63) is 0 Å². The Hall–Kier alpha value is -0.810. The lowest BCUT2D eigenvalue weighted by Gasteiger charge is -2.23. The lowest BCUT2D eigenvalue weighted by molar-refractivity contribution is -0.104. The van der Waals surface area contributed by atoms with Crippen LogP contribution < -0.4 is 5.73 Å². The van der Waals surface area contributed by atoms with Crippen LogP contribution in [0.2, 0.25) is 0 Å². The van der Waals surface area contributed by atoms with Crippen LogP contribution in [0, 0.1) is 0 Å². The molecule has 5 nitrogen and oxygen atoms in total. The lowest BCUT2D eigenvalue weighted by Crippen LogP contribution is -2.27. The van der Waals surface area contributed by atoms with Crippen LogP contribution in [0.15, 0.2) is 0 Å². The summed E-state index contributed by atoms with van der Waals surface area (Å²) in [4.78, 5) is 10.3. The molecule has 0 aliphatic rings. The largest absolute Gasteiger partial charge is 0.420 e. The van der Waals surface area contributed by atoms with Gasteiger partial charge in [0.1, 0.15) is 0 Å². The Balaban J connectivity index is 3.58. The summed E-state index contributed by atoms with van der Waals surface area (Å²) in [6, 6.07) is 0. The van der Waals surface area contributed by atoms with Crippen LogP contribution in [0.3, 0.4) is 0 Å². The summed E-state index contributed by atoms with van der Waals surface area (Å²) in [6.45, 7) is 5.98. The zero-order valence-corrected chi connectivity index (χ0v) is 9.20. The number of rotatable bonds is 6. The van der Waals surface area contributed by atoms with Gasteiger partial charge in [-0.15, -0.1) is 0 Å². The minimum Gasteiger partial charge on any atom is -0.420 e. The molecule has 0 spiro atoms. The summed E-state index contributed by atoms with van der Waals surface area (Å²) in [5, 5.41) is 0. The molecule has 5 heteroatoms. The molecular weight excluding hydrogens is 186 g/mol. The fourth-order valence-electron chi connectivity index (χ4n) is 0.770. The zero-order valence-electron chi connectivity index (χ0n) is 9.20. The number of ether oxygens (including phenoxy) is 3. The summed E-state index contributed by atoms with van der Waals surface area (Å²) in [6.07, 6.45) is -0.723. The molecule has 0 saturated heterocycles. The molecule has 0 heterocycles. The van der Waals surface area contributed by atoms with E-state index in [0.29, 0.717) is 6.61 Å². The first-order chi connectivity index (χ1) is 6.37. The van der Waals surface area contributed by atoms with Gasteiger partial charge in [0.25, 0.3) is 0 Å². The predicted molar refractivity (Wildman–Crippen MR) is 51.8 cm³/mol. The second kappa shape index (κ2) is 5.82. The highest BCUT2D eigenvalue weighted by molar-refractivity contribution is 5.64. The van der Waals surface area contributed by atoms with Crippen molar-refractivity contribution in [2.45, 2.75) is 39.1 Å². The smallest absolute Gasteiger partial charge is 0.406 e. The molecule has 0 fully saturated rings. The van der Waals surface area contributed by atoms with Gasteiger partial charge in [0, 0.05) is 7.11 Å². The van der Waals surface area contributed by atoms with Crippen molar-refractivity contribution in [1.82, 2.24) is 0 Å². The van der Waals surface area contributed by atoms with E-state index in [0.717, 1.165) is 6.42 Å². The molecule has 0 saturated carbocycles. The minimum atomic E-state index is -0.830. The Morgan fingerprint density at radius 3 is 2.50 bits per heavy atom. The molecule has 1 atom stereocenters. The monoisotopic (exact) mass is 205 g/mol. The predicted octanol–water partition coefficient (Wildman–Crippen LogP) is 1.26. The van der Waals surface area contributed by atoms with Crippen LogP contribution in [-0.2, 0) is 14.2 Å². The van der Waals surface area contributed by atoms with Crippen LogP contribution in [-0.4, -0.2) is 31.7 Å². The Morgan fingerprint density at radius 2 is 2.07 bits per heavy atom. The van der Waals surface area contributed by atoms with Crippen molar-refractivity contribution in [2.24, 2.45) is 5.73 Å². The van der Waals surface area contributed by atoms with Crippen LogP contribution in [0.25, 0.3) is 0 Å². The lowest BCUT2D eigenvalue weighted by atomic mass is 10.1. The van der Waals surface area contributed by atoms with E-state index in [1.807, 2.05) is 13.8 Å². The Kier molecular flexibility index (Phi) is 5.49. The summed E-state index contributed by atoms with van der Waals surface area (Å²) in [5.74, 6) is 0. The van der Waals surface area contributed by atoms with Crippen LogP contribution in [0.5, 0.6) is 0 Å². The Labute approximate surface area is 84.5 Å². The van der Waals surface area contributed by atoms with E-state index >= 15 is 0 Å². The molecule has 0 rings (SSSR count). The third-order valence-corrected chi connectivity index (χ3v) is 1.89. The van der Waals surface area contributed by atoms with E-state index < -0.39 is 12.4 Å². The van der Waals surface area contributed by atoms with Gasteiger partial charge < -0.3 is 19.9 Å². The minimum absolute atomic E-state index is 0.230. The van der Waals surface area contributed by atoms with Crippen molar-refractivity contribution >= 4 is 6.09 Å². The zero-order chi connectivity index (χ0) is 11.2. The number of carbonyl (C=O) groups is 1. The molecule has 0 aromatic rings. The molecule has 2 N–H and O–H groups in total. The molecule has 1 unspecified atom stereocenters. The van der Waals surface area contributed by atoms with Gasteiger partial charge in [0.05, 0.1) is 12.2 Å². The molecule has 0 aromatic heterocycles. The topological polar surface area (TPSA) is 70.8 Å². The Bertz CT molecular complexity index is 182. The highest BCUT2D eigenvalue weighted by Crippen LogP contribution is 2.13. The molecule has 0 radical (unpaired) electrons. The van der Waals surface area contributed by atoms with Crippen molar-refractivity contribution < 1.29 is 19.0 Å². The second-order valence-corrected chi connectivity index (χ2v) is 3.59. The van der Waals surface area contributed by atoms with Gasteiger partial charge in [0.15, 0.2) is 0 Å². The molecule has 1 amide bonds. The van der Waals surface area contributed by atoms with Crippen LogP contribution in [0.1, 0.15) is 27.2 Å². The molecule has 0 aromatic carbocycles. The average molecular weight is 205 g/mol. The van der Waals surface area contributed by atoms with Crippen molar-refractivity contribution in [3.63, 3.8) is 0 Å². The molecule has 0 aliphatic heterocycles. The van der Waals surface area contributed by atoms with E-state index in [1.165, 1.54) is 0 Å². The summed E-state index contributed by atoms with van der Waals surface area (Å²) in [5.41, 5.74) is 4.58. The van der Waals surface area contributed by atoms with Crippen molar-refractivity contribution in [1.29, 1.82) is 0 Å². The molecule has 14 heavy (non-hydrogen) atoms. The number of carbonyl (C=O) groups excluding carboxylic acids is 1. The fourth-order valence-corrected chi connectivity index (χ4v) is 0.770. The first-order valence-corrected chi connectivity index (χ1v) is 4.50. The van der Waals surface area contributed by atoms with E-state index in [9.17, 15) is 4.79 Å². The molecular formula is C9H19NO4. The van der Waals surface area contributed by atoms with Crippen LogP contribution >= 0.6 is 0 Å². The van der Waals surface area contributed by atoms with E-state index in [2.05, 4.69) is 4.74 Å². The van der Waals surface area contributed by atoms with Crippen LogP contribution in [0.4, 0.5) is 4.79 Å². The normalized spacial score (nSPS) is 13.7. The molecule has 0 bridgehead atoms. The highest BCUT2D eigenvalue weighted by Gasteiger charge is 2.16. The van der Waals surface area contributed by atoms with E-state index in [4.69, 9.17) is 15.2 Å². The summed E-state index contributed by atoms with van der Waals surface area (Å²) >= 11 is 0. The maximum atomic E-state index is 10.3. The summed E-state index contributed by atoms with van der Waals surface area (Å²) in [7, 11) is 1.64. The first-order valence-electron chi connectivity index (χ1n) is 4.50. The quantitative estimate of drug-likeness (QED) is 0.663. The van der Waals surface area contributed by atoms with E-state index in [-0.39, 0.29) is 5.60 Å². The van der Waals surface area contributed by atoms with Gasteiger partial charge >= 0.3 is 6.09 Å². The number of amides is 1. The fraction of sp³-hybridized carbons (Fsp3) is 0.889. The standard InChI is InChI=1S/C9H19NO4/c1-7(14-8(10)11)13-6-5-9(2,3)12-4/h7H,5-6H2,1-4H3,(H2,10,11). The summed E-state index contributed by atoms with van der Waals surface area (Å²) < 4.78 is 14.9. The number of methoxy groups -OCH3 is 1. The molecule has 84 valence electrons. The average Bonchev–Trinajstić information content (AvgIpc) is 2.02. The third-order valence-electron chi connectivity index (χ3n) is 1.89. The van der Waals surface area contributed by atoms with Gasteiger partial charge in [-0.3, -0.25) is 0 Å². The molecule has 0 aliphatic carbocycles. The highest BCUT2D eigenvalue weighted by atomic mass is 16.7. The number of hydrogen-bond donors (Lipinski definition) is 1. The van der Waals surface area contributed by atoms with Gasteiger partial charge in [-0.2, -0.15) is 0 Å². The van der Waals surface area contributed by atoms with Crippen molar-refractivity contribution in [3.8, 4) is 0 Å². The van der Waals surface area contributed by atoms with Crippen molar-refractivity contribution in [2.75, 3.05) is 13.7 Å². The second-order valence-electron chi connectivity index (χ2n) is 3.59. The first kappa shape index (κ1) is 13.2. The maximum Gasteiger partial charge on any atom is 0.406 e. The SMILES string of the molecule is COC(C)(C)CCOC(C)OC(N)=O. The van der Waals surface area contributed by atoms with E-state index in [1.54, 1.807) is 14.0 Å². The number of hydrogen-bond acceptors (Lipinski definition) is 4. The van der Waals surface area contributed by atoms with Gasteiger partial charge in [-0.25, -0.2) is 4.79 Å².